The first-order valence-corrected chi connectivity index (χ1v) is 16.7. The third-order valence-corrected chi connectivity index (χ3v) is 6.81. The van der Waals surface area contributed by atoms with Gasteiger partial charge in [-0.3, -0.25) is 19.2 Å². The smallest absolute Gasteiger partial charge is 0.308 e. The van der Waals surface area contributed by atoms with Crippen LogP contribution >= 0.6 is 0 Å². The number of ether oxygens (including phenoxy) is 5. The van der Waals surface area contributed by atoms with Crippen LogP contribution in [-0.4, -0.2) is 108 Å². The molecule has 278 valence electrons. The van der Waals surface area contributed by atoms with E-state index in [1.165, 1.54) is 6.92 Å². The van der Waals surface area contributed by atoms with Crippen molar-refractivity contribution in [3.8, 4) is 0 Å². The van der Waals surface area contributed by atoms with Gasteiger partial charge in [-0.15, -0.1) is 0 Å². The third-order valence-electron chi connectivity index (χ3n) is 6.81. The Morgan fingerprint density at radius 1 is 0.700 bits per heavy atom. The third kappa shape index (κ3) is 24.7. The Balaban J connectivity index is 2.21. The summed E-state index contributed by atoms with van der Waals surface area (Å²) >= 11 is 0. The van der Waals surface area contributed by atoms with Crippen LogP contribution in [0.5, 0.6) is 0 Å². The van der Waals surface area contributed by atoms with E-state index >= 15 is 0 Å². The normalized spacial score (nSPS) is 11.7. The maximum Gasteiger partial charge on any atom is 0.308 e. The van der Waals surface area contributed by atoms with Gasteiger partial charge in [0.2, 0.25) is 17.7 Å². The zero-order valence-electron chi connectivity index (χ0n) is 28.8. The van der Waals surface area contributed by atoms with Crippen molar-refractivity contribution in [2.45, 2.75) is 70.6 Å². The van der Waals surface area contributed by atoms with Crippen LogP contribution in [0.4, 0.5) is 0 Å². The van der Waals surface area contributed by atoms with E-state index in [0.29, 0.717) is 78.2 Å². The quantitative estimate of drug-likeness (QED) is 0.0337. The predicted molar refractivity (Wildman–Crippen MR) is 182 cm³/mol. The molecule has 18 nitrogen and oxygen atoms in total. The molecule has 0 aliphatic heterocycles. The Bertz CT molecular complexity index is 1200. The molecule has 18 heteroatoms. The molecule has 1 rings (SSSR count). The Morgan fingerprint density at radius 3 is 1.76 bits per heavy atom. The molecule has 3 amide bonds. The van der Waals surface area contributed by atoms with Crippen LogP contribution in [0.1, 0.15) is 57.4 Å². The van der Waals surface area contributed by atoms with Crippen LogP contribution in [0, 0.1) is 0 Å². The minimum absolute atomic E-state index is 0.167. The number of carbonyl (C=O) groups is 4. The fourth-order valence-electron chi connectivity index (χ4n) is 4.30. The molecule has 0 unspecified atom stereocenters. The van der Waals surface area contributed by atoms with E-state index < -0.39 is 23.9 Å². The van der Waals surface area contributed by atoms with Crippen LogP contribution in [0.25, 0.3) is 20.9 Å². The molecule has 0 saturated carbocycles. The second-order valence-electron chi connectivity index (χ2n) is 10.9. The lowest BCUT2D eigenvalue weighted by molar-refractivity contribution is -0.146. The van der Waals surface area contributed by atoms with Gasteiger partial charge in [-0.25, -0.2) is 0 Å². The van der Waals surface area contributed by atoms with Gasteiger partial charge in [0.05, 0.1) is 59.3 Å². The topological polar surface area (TPSA) is 248 Å². The first-order valence-electron chi connectivity index (χ1n) is 16.7. The van der Waals surface area contributed by atoms with Crippen LogP contribution in [0.3, 0.4) is 0 Å². The summed E-state index contributed by atoms with van der Waals surface area (Å²) < 4.78 is 27.0. The maximum absolute atomic E-state index is 13.0. The van der Waals surface area contributed by atoms with Crippen LogP contribution in [0.2, 0.25) is 0 Å². The number of rotatable bonds is 31. The number of amides is 3. The summed E-state index contributed by atoms with van der Waals surface area (Å²) in [5.74, 6) is -1.61. The van der Waals surface area contributed by atoms with Crippen LogP contribution in [-0.2, 0) is 49.5 Å². The molecule has 1 aromatic rings. The molecular weight excluding hydrogens is 654 g/mol. The summed E-state index contributed by atoms with van der Waals surface area (Å²) in [5, 5.41) is 15.0. The molecule has 0 saturated heterocycles. The van der Waals surface area contributed by atoms with Crippen molar-refractivity contribution in [1.29, 1.82) is 0 Å². The number of azide groups is 2. The van der Waals surface area contributed by atoms with Gasteiger partial charge in [-0.1, -0.05) is 53.4 Å². The molecule has 0 aliphatic carbocycles. The molecule has 1 aromatic carbocycles. The fraction of sp³-hybridized carbons (Fsp3) is 0.688. The lowest BCUT2D eigenvalue weighted by Gasteiger charge is -2.23. The molecule has 0 heterocycles. The number of benzene rings is 1. The highest BCUT2D eigenvalue weighted by atomic mass is 16.6. The van der Waals surface area contributed by atoms with E-state index in [9.17, 15) is 19.2 Å². The molecule has 0 aliphatic rings. The summed E-state index contributed by atoms with van der Waals surface area (Å²) in [6.07, 6.45) is 2.90. The van der Waals surface area contributed by atoms with Crippen molar-refractivity contribution in [3.63, 3.8) is 0 Å². The first-order chi connectivity index (χ1) is 24.4. The van der Waals surface area contributed by atoms with Crippen molar-refractivity contribution < 1.29 is 42.9 Å². The maximum atomic E-state index is 13.0. The van der Waals surface area contributed by atoms with Gasteiger partial charge in [0, 0.05) is 36.4 Å². The molecule has 3 N–H and O–H groups in total. The lowest BCUT2D eigenvalue weighted by atomic mass is 10.1. The van der Waals surface area contributed by atoms with E-state index in [-0.39, 0.29) is 57.8 Å². The van der Waals surface area contributed by atoms with Crippen molar-refractivity contribution in [2.24, 2.45) is 10.2 Å². The zero-order chi connectivity index (χ0) is 36.5. The lowest BCUT2D eigenvalue weighted by Crippen LogP contribution is -2.53. The number of carbonyl (C=O) groups excluding carboxylic acids is 4. The molecule has 0 fully saturated rings. The van der Waals surface area contributed by atoms with Gasteiger partial charge in [-0.05, 0) is 42.3 Å². The van der Waals surface area contributed by atoms with Crippen molar-refractivity contribution in [1.82, 2.24) is 16.0 Å². The minimum atomic E-state index is -0.872. The Kier molecular flexibility index (Phi) is 26.7. The summed E-state index contributed by atoms with van der Waals surface area (Å²) in [5.41, 5.74) is 17.8. The average Bonchev–Trinajstić information content (AvgIpc) is 3.11. The van der Waals surface area contributed by atoms with E-state index in [1.54, 1.807) is 0 Å². The monoisotopic (exact) mass is 705 g/mol. The van der Waals surface area contributed by atoms with Crippen molar-refractivity contribution >= 4 is 23.7 Å². The predicted octanol–water partition coefficient (Wildman–Crippen LogP) is 3.25. The number of esters is 1. The van der Waals surface area contributed by atoms with E-state index in [2.05, 4.69) is 36.0 Å². The summed E-state index contributed by atoms with van der Waals surface area (Å²) in [6.45, 7) is 4.83. The fourth-order valence-corrected chi connectivity index (χ4v) is 4.30. The highest BCUT2D eigenvalue weighted by molar-refractivity contribution is 5.91. The van der Waals surface area contributed by atoms with Crippen molar-refractivity contribution in [3.05, 3.63) is 56.8 Å². The molecule has 50 heavy (non-hydrogen) atoms. The van der Waals surface area contributed by atoms with Crippen LogP contribution < -0.4 is 16.0 Å². The van der Waals surface area contributed by atoms with E-state index in [4.69, 9.17) is 34.7 Å². The van der Waals surface area contributed by atoms with Gasteiger partial charge in [-0.2, -0.15) is 0 Å². The standard InChI is InChI=1S/C32H51N9O9/c1-26(42)38-29(12-6-8-15-37-41-34)32(45)39-28(11-5-7-14-36-40-33)31(44)35-16-18-47-20-22-49-24-23-48-21-19-46-17-13-30(43)50-25-27-9-3-2-4-10-27/h2-4,9-10,28-29H,5-8,11-25H2,1H3,(H,35,44)(H,38,42)(H,39,45)/t28-,29-/m0/s1. The van der Waals surface area contributed by atoms with Gasteiger partial charge in [0.25, 0.3) is 0 Å². The molecule has 0 bridgehead atoms. The highest BCUT2D eigenvalue weighted by Gasteiger charge is 2.25. The summed E-state index contributed by atoms with van der Waals surface area (Å²) in [6, 6.07) is 7.72. The Hall–Kier alpha value is -4.44. The Labute approximate surface area is 292 Å². The zero-order valence-corrected chi connectivity index (χ0v) is 28.8. The number of nitrogens with zero attached hydrogens (tertiary/aromatic N) is 6. The first kappa shape index (κ1) is 43.6. The average molecular weight is 706 g/mol. The number of nitrogens with one attached hydrogen (secondary N) is 3. The van der Waals surface area contributed by atoms with Gasteiger partial charge < -0.3 is 39.6 Å². The van der Waals surface area contributed by atoms with E-state index in [0.717, 1.165) is 5.56 Å². The largest absolute Gasteiger partial charge is 0.461 e. The van der Waals surface area contributed by atoms with Crippen molar-refractivity contribution in [2.75, 3.05) is 72.5 Å². The van der Waals surface area contributed by atoms with Gasteiger partial charge >= 0.3 is 5.97 Å². The highest BCUT2D eigenvalue weighted by Crippen LogP contribution is 2.07. The second kappa shape index (κ2) is 30.6. The van der Waals surface area contributed by atoms with E-state index in [1.807, 2.05) is 30.3 Å². The molecule has 2 atom stereocenters. The number of hydrogen-bond donors (Lipinski definition) is 3. The summed E-state index contributed by atoms with van der Waals surface area (Å²) in [7, 11) is 0. The minimum Gasteiger partial charge on any atom is -0.461 e. The molecule has 0 radical (unpaired) electrons. The van der Waals surface area contributed by atoms with Gasteiger partial charge in [0.1, 0.15) is 18.7 Å². The van der Waals surface area contributed by atoms with Gasteiger partial charge in [0.15, 0.2) is 0 Å². The SMILES string of the molecule is CC(=O)N[C@@H](CCCCN=[N+]=[N-])C(=O)N[C@@H](CCCCN=[N+]=[N-])C(=O)NCCOCCOCCOCCOCCC(=O)OCc1ccccc1. The summed E-state index contributed by atoms with van der Waals surface area (Å²) in [4.78, 5) is 54.8. The molecule has 0 spiro atoms. The van der Waals surface area contributed by atoms with Crippen LogP contribution in [0.15, 0.2) is 40.6 Å². The Morgan fingerprint density at radius 2 is 1.22 bits per heavy atom. The number of unbranched alkanes of at least 4 members (excludes halogenated alkanes) is 2. The molecule has 0 aromatic heterocycles. The second-order valence-corrected chi connectivity index (χ2v) is 10.9. The number of hydrogen-bond acceptors (Lipinski definition) is 11. The molecular formula is C32H51N9O9.